The Kier molecular flexibility index (Phi) is 3.94. The molecule has 1 heterocycles. The molecule has 0 aliphatic rings. The van der Waals surface area contributed by atoms with Crippen molar-refractivity contribution in [3.8, 4) is 0 Å². The zero-order valence-electron chi connectivity index (χ0n) is 10.3. The first-order chi connectivity index (χ1) is 9.95. The maximum atomic E-state index is 12.7. The lowest BCUT2D eigenvalue weighted by Crippen LogP contribution is -2.05. The summed E-state index contributed by atoms with van der Waals surface area (Å²) in [6, 6.07) is 8.53. The molecule has 0 amide bonds. The average Bonchev–Trinajstić information content (AvgIpc) is 2.79. The summed E-state index contributed by atoms with van der Waals surface area (Å²) in [4.78, 5) is 29.3. The van der Waals surface area contributed by atoms with Crippen molar-refractivity contribution >= 4 is 66.9 Å². The van der Waals surface area contributed by atoms with Gasteiger partial charge in [-0.1, -0.05) is 11.6 Å². The molecule has 21 heavy (non-hydrogen) atoms. The molecule has 0 spiro atoms. The van der Waals surface area contributed by atoms with Crippen LogP contribution in [0.3, 0.4) is 0 Å². The maximum absolute atomic E-state index is 12.7. The zero-order chi connectivity index (χ0) is 15.1. The molecule has 0 atom stereocenters. The molecule has 0 aliphatic carbocycles. The molecule has 2 aromatic carbocycles. The second-order valence-corrected chi connectivity index (χ2v) is 6.86. The van der Waals surface area contributed by atoms with E-state index in [0.717, 1.165) is 3.57 Å². The largest absolute Gasteiger partial charge is 0.323 e. The number of fused-ring (bicyclic) bond motifs is 1. The van der Waals surface area contributed by atoms with Crippen LogP contribution in [0.25, 0.3) is 11.0 Å². The first-order valence-electron chi connectivity index (χ1n) is 5.87. The van der Waals surface area contributed by atoms with E-state index >= 15 is 0 Å². The minimum atomic E-state index is -0.307. The standard InChI is InChI=1S/C14H7BrClIN2O2/c15-9-5-12-11(18-14(21)19-12)4-7(9)13(20)8-3-6(16)1-2-10(8)17/h1-5H,(H2,18,19,21). The van der Waals surface area contributed by atoms with E-state index in [-0.39, 0.29) is 11.5 Å². The Bertz CT molecular complexity index is 932. The quantitative estimate of drug-likeness (QED) is 0.431. The highest BCUT2D eigenvalue weighted by molar-refractivity contribution is 14.1. The molecule has 3 rings (SSSR count). The van der Waals surface area contributed by atoms with Gasteiger partial charge in [0.25, 0.3) is 0 Å². The minimum absolute atomic E-state index is 0.155. The number of H-pyrrole nitrogens is 2. The number of nitrogens with one attached hydrogen (secondary N) is 2. The molecule has 0 fully saturated rings. The van der Waals surface area contributed by atoms with E-state index in [0.29, 0.717) is 31.7 Å². The molecule has 0 aliphatic heterocycles. The summed E-state index contributed by atoms with van der Waals surface area (Å²) in [6.45, 7) is 0. The van der Waals surface area contributed by atoms with Gasteiger partial charge in [0, 0.05) is 24.2 Å². The Morgan fingerprint density at radius 3 is 2.48 bits per heavy atom. The van der Waals surface area contributed by atoms with Crippen LogP contribution in [0.15, 0.2) is 39.6 Å². The van der Waals surface area contributed by atoms with E-state index in [1.165, 1.54) is 0 Å². The van der Waals surface area contributed by atoms with Crippen LogP contribution in [0.5, 0.6) is 0 Å². The van der Waals surface area contributed by atoms with Crippen molar-refractivity contribution in [2.75, 3.05) is 0 Å². The molecule has 2 N–H and O–H groups in total. The first kappa shape index (κ1) is 14.8. The van der Waals surface area contributed by atoms with Gasteiger partial charge in [0.1, 0.15) is 0 Å². The second-order valence-electron chi connectivity index (χ2n) is 4.41. The fraction of sp³-hybridized carbons (Fsp3) is 0. The van der Waals surface area contributed by atoms with Crippen molar-refractivity contribution in [2.45, 2.75) is 0 Å². The van der Waals surface area contributed by atoms with Crippen molar-refractivity contribution in [3.05, 3.63) is 65.0 Å². The number of hydrogen-bond donors (Lipinski definition) is 2. The van der Waals surface area contributed by atoms with Crippen LogP contribution in [-0.4, -0.2) is 15.8 Å². The zero-order valence-corrected chi connectivity index (χ0v) is 14.8. The van der Waals surface area contributed by atoms with Crippen molar-refractivity contribution in [2.24, 2.45) is 0 Å². The van der Waals surface area contributed by atoms with Crippen LogP contribution < -0.4 is 5.69 Å². The summed E-state index contributed by atoms with van der Waals surface area (Å²) < 4.78 is 1.43. The summed E-state index contributed by atoms with van der Waals surface area (Å²) in [5.41, 5.74) is 1.92. The van der Waals surface area contributed by atoms with Crippen LogP contribution in [-0.2, 0) is 0 Å². The predicted octanol–water partition coefficient (Wildman–Crippen LogP) is 4.11. The van der Waals surface area contributed by atoms with E-state index in [2.05, 4.69) is 48.5 Å². The van der Waals surface area contributed by atoms with Crippen molar-refractivity contribution in [1.29, 1.82) is 0 Å². The highest BCUT2D eigenvalue weighted by atomic mass is 127. The number of carbonyl (C=O) groups is 1. The number of rotatable bonds is 2. The van der Waals surface area contributed by atoms with Crippen molar-refractivity contribution in [1.82, 2.24) is 9.97 Å². The lowest BCUT2D eigenvalue weighted by molar-refractivity contribution is 0.103. The van der Waals surface area contributed by atoms with E-state index in [9.17, 15) is 9.59 Å². The SMILES string of the molecule is O=C(c1cc2[nH]c(=O)[nH]c2cc1Br)c1cc(Cl)ccc1I. The topological polar surface area (TPSA) is 65.7 Å². The van der Waals surface area contributed by atoms with Crippen LogP contribution >= 0.6 is 50.1 Å². The molecule has 0 unspecified atom stereocenters. The summed E-state index contributed by atoms with van der Waals surface area (Å²) in [6.07, 6.45) is 0. The monoisotopic (exact) mass is 476 g/mol. The molecule has 106 valence electrons. The maximum Gasteiger partial charge on any atom is 0.323 e. The van der Waals surface area contributed by atoms with Crippen LogP contribution in [0, 0.1) is 3.57 Å². The van der Waals surface area contributed by atoms with Gasteiger partial charge in [0.15, 0.2) is 5.78 Å². The van der Waals surface area contributed by atoms with Gasteiger partial charge >= 0.3 is 5.69 Å². The van der Waals surface area contributed by atoms with E-state index in [1.807, 2.05) is 0 Å². The molecule has 0 radical (unpaired) electrons. The van der Waals surface area contributed by atoms with Crippen LogP contribution in [0.2, 0.25) is 5.02 Å². The van der Waals surface area contributed by atoms with Gasteiger partial charge < -0.3 is 9.97 Å². The fourth-order valence-corrected chi connectivity index (χ4v) is 3.32. The van der Waals surface area contributed by atoms with Crippen LogP contribution in [0.1, 0.15) is 15.9 Å². The number of aromatic nitrogens is 2. The second kappa shape index (κ2) is 5.58. The van der Waals surface area contributed by atoms with Gasteiger partial charge in [-0.3, -0.25) is 4.79 Å². The molecule has 3 aromatic rings. The number of halogens is 3. The summed E-state index contributed by atoms with van der Waals surface area (Å²) in [7, 11) is 0. The summed E-state index contributed by atoms with van der Waals surface area (Å²) in [5.74, 6) is -0.155. The van der Waals surface area contributed by atoms with Crippen LogP contribution in [0.4, 0.5) is 0 Å². The van der Waals surface area contributed by atoms with Gasteiger partial charge in [0.05, 0.1) is 11.0 Å². The highest BCUT2D eigenvalue weighted by Gasteiger charge is 2.17. The molecule has 0 bridgehead atoms. The summed E-state index contributed by atoms with van der Waals surface area (Å²) >= 11 is 11.4. The smallest absolute Gasteiger partial charge is 0.306 e. The number of benzene rings is 2. The third-order valence-corrected chi connectivity index (χ3v) is 4.85. The Balaban J connectivity index is 2.19. The Morgan fingerprint density at radius 2 is 1.76 bits per heavy atom. The first-order valence-corrected chi connectivity index (χ1v) is 8.12. The summed E-state index contributed by atoms with van der Waals surface area (Å²) in [5, 5.41) is 0.506. The molecule has 7 heteroatoms. The van der Waals surface area contributed by atoms with E-state index in [4.69, 9.17) is 11.6 Å². The fourth-order valence-electron chi connectivity index (χ4n) is 2.05. The average molecular weight is 477 g/mol. The Labute approximate surface area is 146 Å². The molecule has 0 saturated heterocycles. The van der Waals surface area contributed by atoms with E-state index in [1.54, 1.807) is 30.3 Å². The van der Waals surface area contributed by atoms with Gasteiger partial charge in [-0.05, 0) is 68.9 Å². The van der Waals surface area contributed by atoms with Crippen molar-refractivity contribution in [3.63, 3.8) is 0 Å². The van der Waals surface area contributed by atoms with Gasteiger partial charge in [-0.2, -0.15) is 0 Å². The predicted molar refractivity (Wildman–Crippen MR) is 94.2 cm³/mol. The number of aromatic amines is 2. The third kappa shape index (κ3) is 2.79. The minimum Gasteiger partial charge on any atom is -0.306 e. The lowest BCUT2D eigenvalue weighted by atomic mass is 10.0. The lowest BCUT2D eigenvalue weighted by Gasteiger charge is -2.07. The van der Waals surface area contributed by atoms with Gasteiger partial charge in [-0.25, -0.2) is 4.79 Å². The Hall–Kier alpha value is -1.12. The molecular weight excluding hydrogens is 470 g/mol. The normalized spacial score (nSPS) is 11.0. The number of carbonyl (C=O) groups excluding carboxylic acids is 1. The van der Waals surface area contributed by atoms with Gasteiger partial charge in [0.2, 0.25) is 0 Å². The van der Waals surface area contributed by atoms with Crippen molar-refractivity contribution < 1.29 is 4.79 Å². The number of hydrogen-bond acceptors (Lipinski definition) is 2. The number of imidazole rings is 1. The number of ketones is 1. The highest BCUT2D eigenvalue weighted by Crippen LogP contribution is 2.27. The van der Waals surface area contributed by atoms with Gasteiger partial charge in [-0.15, -0.1) is 0 Å². The van der Waals surface area contributed by atoms with E-state index < -0.39 is 0 Å². The molecular formula is C14H7BrClIN2O2. The Morgan fingerprint density at radius 1 is 1.10 bits per heavy atom. The third-order valence-electron chi connectivity index (χ3n) is 3.02. The molecule has 1 aromatic heterocycles. The molecule has 0 saturated carbocycles. The molecule has 4 nitrogen and oxygen atoms in total.